The first kappa shape index (κ1) is 27.8. The average Bonchev–Trinajstić information content (AvgIpc) is 2.84. The number of anilines is 1. The third-order valence-electron chi connectivity index (χ3n) is 5.34. The highest BCUT2D eigenvalue weighted by molar-refractivity contribution is 7.92. The Bertz CT molecular complexity index is 1140. The zero-order valence-electron chi connectivity index (χ0n) is 20.9. The number of rotatable bonds is 12. The zero-order valence-corrected chi connectivity index (χ0v) is 21.7. The first-order valence-electron chi connectivity index (χ1n) is 11.0. The Morgan fingerprint density at radius 2 is 1.66 bits per heavy atom. The van der Waals surface area contributed by atoms with Crippen molar-refractivity contribution in [2.24, 2.45) is 0 Å². The van der Waals surface area contributed by atoms with Crippen LogP contribution in [-0.2, 0) is 26.2 Å². The summed E-state index contributed by atoms with van der Waals surface area (Å²) in [4.78, 5) is 27.5. The van der Waals surface area contributed by atoms with Gasteiger partial charge in [0.1, 0.15) is 29.8 Å². The fraction of sp³-hybridized carbons (Fsp3) is 0.417. The normalized spacial score (nSPS) is 11.8. The van der Waals surface area contributed by atoms with Crippen molar-refractivity contribution >= 4 is 27.5 Å². The Labute approximate surface area is 206 Å². The van der Waals surface area contributed by atoms with E-state index in [4.69, 9.17) is 14.2 Å². The fourth-order valence-corrected chi connectivity index (χ4v) is 4.31. The van der Waals surface area contributed by atoms with E-state index in [1.165, 1.54) is 38.4 Å². The predicted molar refractivity (Wildman–Crippen MR) is 133 cm³/mol. The van der Waals surface area contributed by atoms with Crippen LogP contribution < -0.4 is 23.8 Å². The predicted octanol–water partition coefficient (Wildman–Crippen LogP) is 2.03. The second-order valence-corrected chi connectivity index (χ2v) is 9.66. The molecule has 11 heteroatoms. The molecule has 0 bridgehead atoms. The van der Waals surface area contributed by atoms with Gasteiger partial charge in [-0.2, -0.15) is 0 Å². The van der Waals surface area contributed by atoms with Crippen LogP contribution in [0.1, 0.15) is 19.4 Å². The third-order valence-corrected chi connectivity index (χ3v) is 6.47. The topological polar surface area (TPSA) is 114 Å². The number of carbonyl (C=O) groups excluding carboxylic acids is 2. The molecular formula is C24H33N3O7S. The number of nitrogens with zero attached hydrogens (tertiary/aromatic N) is 2. The molecule has 0 spiro atoms. The number of hydrogen-bond donors (Lipinski definition) is 1. The molecule has 0 aromatic heterocycles. The van der Waals surface area contributed by atoms with Gasteiger partial charge in [-0.1, -0.05) is 12.1 Å². The molecule has 192 valence electrons. The molecule has 10 nitrogen and oxygen atoms in total. The van der Waals surface area contributed by atoms with Gasteiger partial charge in [-0.25, -0.2) is 8.42 Å². The Hall–Kier alpha value is -3.47. The van der Waals surface area contributed by atoms with Crippen molar-refractivity contribution in [3.8, 4) is 17.2 Å². The molecule has 2 aromatic rings. The fourth-order valence-electron chi connectivity index (χ4n) is 3.46. The molecule has 35 heavy (non-hydrogen) atoms. The second kappa shape index (κ2) is 12.3. The van der Waals surface area contributed by atoms with Gasteiger partial charge in [-0.3, -0.25) is 13.9 Å². The average molecular weight is 508 g/mol. The van der Waals surface area contributed by atoms with Crippen LogP contribution in [0.25, 0.3) is 0 Å². The van der Waals surface area contributed by atoms with Gasteiger partial charge in [0.05, 0.1) is 33.3 Å². The van der Waals surface area contributed by atoms with Crippen molar-refractivity contribution in [3.63, 3.8) is 0 Å². The van der Waals surface area contributed by atoms with E-state index in [0.717, 1.165) is 16.1 Å². The highest BCUT2D eigenvalue weighted by Crippen LogP contribution is 2.33. The number of amides is 2. The van der Waals surface area contributed by atoms with E-state index in [2.05, 4.69) is 5.32 Å². The molecule has 0 aliphatic rings. The third kappa shape index (κ3) is 7.25. The molecule has 1 N–H and O–H groups in total. The smallest absolute Gasteiger partial charge is 0.244 e. The highest BCUT2D eigenvalue weighted by Gasteiger charge is 2.31. The van der Waals surface area contributed by atoms with Crippen LogP contribution >= 0.6 is 0 Å². The van der Waals surface area contributed by atoms with Crippen LogP contribution in [0.15, 0.2) is 42.5 Å². The van der Waals surface area contributed by atoms with E-state index in [1.807, 2.05) is 0 Å². The molecule has 0 heterocycles. The van der Waals surface area contributed by atoms with Gasteiger partial charge in [-0.15, -0.1) is 0 Å². The maximum absolute atomic E-state index is 13.5. The number of likely N-dealkylation sites (N-methyl/N-ethyl adjacent to an activating group) is 1. The number of hydrogen-bond acceptors (Lipinski definition) is 7. The van der Waals surface area contributed by atoms with Crippen molar-refractivity contribution in [1.82, 2.24) is 10.2 Å². The first-order chi connectivity index (χ1) is 16.5. The van der Waals surface area contributed by atoms with E-state index >= 15 is 0 Å². The van der Waals surface area contributed by atoms with E-state index < -0.39 is 28.5 Å². The van der Waals surface area contributed by atoms with Gasteiger partial charge in [0.15, 0.2) is 0 Å². The molecule has 2 rings (SSSR count). The largest absolute Gasteiger partial charge is 0.497 e. The van der Waals surface area contributed by atoms with Gasteiger partial charge in [0.2, 0.25) is 21.8 Å². The lowest BCUT2D eigenvalue weighted by Crippen LogP contribution is -2.51. The van der Waals surface area contributed by atoms with Crippen molar-refractivity contribution in [3.05, 3.63) is 48.0 Å². The summed E-state index contributed by atoms with van der Waals surface area (Å²) in [6.07, 6.45) is 1.00. The van der Waals surface area contributed by atoms with Crippen molar-refractivity contribution in [1.29, 1.82) is 0 Å². The minimum atomic E-state index is -3.89. The number of benzene rings is 2. The molecule has 2 aromatic carbocycles. The standard InChI is InChI=1S/C24H33N3O7S/c1-7-25-24(29)17(2)26(15-18-9-8-10-19(13-18)32-3)23(28)16-27(35(6,30)31)21-12-11-20(33-4)14-22(21)34-5/h8-14,17H,7,15-16H2,1-6H3,(H,25,29). The molecule has 0 fully saturated rings. The summed E-state index contributed by atoms with van der Waals surface area (Å²) < 4.78 is 42.2. The maximum atomic E-state index is 13.5. The van der Waals surface area contributed by atoms with Crippen LogP contribution in [0.4, 0.5) is 5.69 Å². The number of ether oxygens (including phenoxy) is 3. The summed E-state index contributed by atoms with van der Waals surface area (Å²) in [7, 11) is 0.513. The summed E-state index contributed by atoms with van der Waals surface area (Å²) in [5.74, 6) is 0.376. The van der Waals surface area contributed by atoms with Crippen LogP contribution in [0.2, 0.25) is 0 Å². The lowest BCUT2D eigenvalue weighted by molar-refractivity contribution is -0.139. The molecule has 1 unspecified atom stereocenters. The second-order valence-electron chi connectivity index (χ2n) is 7.75. The summed E-state index contributed by atoms with van der Waals surface area (Å²) in [6.45, 7) is 3.31. The SMILES string of the molecule is CCNC(=O)C(C)N(Cc1cccc(OC)c1)C(=O)CN(c1ccc(OC)cc1OC)S(C)(=O)=O. The van der Waals surface area contributed by atoms with Crippen molar-refractivity contribution in [2.45, 2.75) is 26.4 Å². The van der Waals surface area contributed by atoms with Gasteiger partial charge in [0.25, 0.3) is 0 Å². The molecule has 1 atom stereocenters. The van der Waals surface area contributed by atoms with Crippen molar-refractivity contribution in [2.75, 3.05) is 45.0 Å². The van der Waals surface area contributed by atoms with Crippen LogP contribution in [-0.4, -0.2) is 71.8 Å². The molecule has 0 saturated heterocycles. The van der Waals surface area contributed by atoms with Gasteiger partial charge >= 0.3 is 0 Å². The molecule has 2 amide bonds. The summed E-state index contributed by atoms with van der Waals surface area (Å²) in [6, 6.07) is 10.9. The lowest BCUT2D eigenvalue weighted by atomic mass is 10.1. The molecule has 0 saturated carbocycles. The Morgan fingerprint density at radius 1 is 1.00 bits per heavy atom. The number of sulfonamides is 1. The monoisotopic (exact) mass is 507 g/mol. The first-order valence-corrected chi connectivity index (χ1v) is 12.8. The Morgan fingerprint density at radius 3 is 2.23 bits per heavy atom. The summed E-state index contributed by atoms with van der Waals surface area (Å²) >= 11 is 0. The minimum absolute atomic E-state index is 0.0751. The Kier molecular flexibility index (Phi) is 9.76. The van der Waals surface area contributed by atoms with Crippen LogP contribution in [0, 0.1) is 0 Å². The summed E-state index contributed by atoms with van der Waals surface area (Å²) in [5.41, 5.74) is 0.901. The number of carbonyl (C=O) groups is 2. The minimum Gasteiger partial charge on any atom is -0.497 e. The zero-order chi connectivity index (χ0) is 26.2. The van der Waals surface area contributed by atoms with Crippen molar-refractivity contribution < 1.29 is 32.2 Å². The highest BCUT2D eigenvalue weighted by atomic mass is 32.2. The van der Waals surface area contributed by atoms with Gasteiger partial charge in [0, 0.05) is 19.2 Å². The van der Waals surface area contributed by atoms with E-state index in [0.29, 0.717) is 18.0 Å². The quantitative estimate of drug-likeness (QED) is 0.468. The van der Waals surface area contributed by atoms with E-state index in [-0.39, 0.29) is 23.9 Å². The number of nitrogens with one attached hydrogen (secondary N) is 1. The number of methoxy groups -OCH3 is 3. The molecule has 0 aliphatic carbocycles. The Balaban J connectivity index is 2.46. The van der Waals surface area contributed by atoms with Gasteiger partial charge < -0.3 is 24.4 Å². The lowest BCUT2D eigenvalue weighted by Gasteiger charge is -2.31. The van der Waals surface area contributed by atoms with E-state index in [1.54, 1.807) is 44.2 Å². The maximum Gasteiger partial charge on any atom is 0.244 e. The van der Waals surface area contributed by atoms with Crippen LogP contribution in [0.5, 0.6) is 17.2 Å². The van der Waals surface area contributed by atoms with E-state index in [9.17, 15) is 18.0 Å². The van der Waals surface area contributed by atoms with Crippen LogP contribution in [0.3, 0.4) is 0 Å². The molecular weight excluding hydrogens is 474 g/mol. The molecule has 0 radical (unpaired) electrons. The molecule has 0 aliphatic heterocycles. The summed E-state index contributed by atoms with van der Waals surface area (Å²) in [5, 5.41) is 2.71. The van der Waals surface area contributed by atoms with Gasteiger partial charge in [-0.05, 0) is 43.7 Å².